The maximum absolute atomic E-state index is 12.2. The minimum Gasteiger partial charge on any atom is -0.207 e. The standard InChI is InChI=1S/C12H15Br2NO2S/c13-9-4-3-5-10(8-9)18(16,17)15-12-7-2-1-6-11(12)14/h3-5,8,11-12,15H,1-2,6-7H2. The molecule has 0 spiro atoms. The fraction of sp³-hybridized carbons (Fsp3) is 0.500. The van der Waals surface area contributed by atoms with Gasteiger partial charge in [-0.3, -0.25) is 0 Å². The van der Waals surface area contributed by atoms with E-state index in [1.807, 2.05) is 6.07 Å². The maximum atomic E-state index is 12.2. The Morgan fingerprint density at radius 3 is 2.61 bits per heavy atom. The molecule has 6 heteroatoms. The quantitative estimate of drug-likeness (QED) is 0.795. The summed E-state index contributed by atoms with van der Waals surface area (Å²) in [5.74, 6) is 0. The molecule has 2 atom stereocenters. The highest BCUT2D eigenvalue weighted by molar-refractivity contribution is 9.10. The van der Waals surface area contributed by atoms with Crippen LogP contribution >= 0.6 is 31.9 Å². The minimum atomic E-state index is -3.43. The summed E-state index contributed by atoms with van der Waals surface area (Å²) in [4.78, 5) is 0.537. The van der Waals surface area contributed by atoms with Crippen molar-refractivity contribution < 1.29 is 8.42 Å². The second kappa shape index (κ2) is 6.03. The highest BCUT2D eigenvalue weighted by Gasteiger charge is 2.27. The SMILES string of the molecule is O=S(=O)(NC1CCCCC1Br)c1cccc(Br)c1. The normalized spacial score (nSPS) is 25.0. The molecule has 0 amide bonds. The first-order valence-corrected chi connectivity index (χ1v) is 9.10. The van der Waals surface area contributed by atoms with Gasteiger partial charge in [-0.1, -0.05) is 50.8 Å². The molecule has 2 unspecified atom stereocenters. The predicted octanol–water partition coefficient (Wildman–Crippen LogP) is 3.43. The Bertz CT molecular complexity index is 519. The first kappa shape index (κ1) is 14.5. The van der Waals surface area contributed by atoms with Crippen LogP contribution in [0.25, 0.3) is 0 Å². The second-order valence-electron chi connectivity index (χ2n) is 4.49. The van der Waals surface area contributed by atoms with Crippen molar-refractivity contribution in [1.82, 2.24) is 4.72 Å². The van der Waals surface area contributed by atoms with Crippen LogP contribution in [0.2, 0.25) is 0 Å². The van der Waals surface area contributed by atoms with Crippen LogP contribution in [0.5, 0.6) is 0 Å². The van der Waals surface area contributed by atoms with Gasteiger partial charge in [0.05, 0.1) is 4.90 Å². The lowest BCUT2D eigenvalue weighted by Gasteiger charge is -2.27. The fourth-order valence-corrected chi connectivity index (χ4v) is 4.92. The Balaban J connectivity index is 2.16. The largest absolute Gasteiger partial charge is 0.240 e. The number of halogens is 2. The zero-order chi connectivity index (χ0) is 13.2. The number of alkyl halides is 1. The number of sulfonamides is 1. The number of nitrogens with one attached hydrogen (secondary N) is 1. The van der Waals surface area contributed by atoms with Gasteiger partial charge in [0.2, 0.25) is 10.0 Å². The smallest absolute Gasteiger partial charge is 0.207 e. The number of hydrogen-bond donors (Lipinski definition) is 1. The zero-order valence-corrected chi connectivity index (χ0v) is 13.8. The second-order valence-corrected chi connectivity index (χ2v) is 8.29. The summed E-state index contributed by atoms with van der Waals surface area (Å²) in [6, 6.07) is 6.76. The molecule has 0 aliphatic heterocycles. The summed E-state index contributed by atoms with van der Waals surface area (Å²) < 4.78 is 28.1. The topological polar surface area (TPSA) is 46.2 Å². The van der Waals surface area contributed by atoms with Gasteiger partial charge in [0.15, 0.2) is 0 Å². The lowest BCUT2D eigenvalue weighted by Crippen LogP contribution is -2.42. The summed E-state index contributed by atoms with van der Waals surface area (Å²) in [5, 5.41) is 0. The molecule has 0 saturated heterocycles. The van der Waals surface area contributed by atoms with Gasteiger partial charge in [0.25, 0.3) is 0 Å². The van der Waals surface area contributed by atoms with Crippen LogP contribution in [0.4, 0.5) is 0 Å². The van der Waals surface area contributed by atoms with E-state index in [1.165, 1.54) is 0 Å². The van der Waals surface area contributed by atoms with Crippen molar-refractivity contribution in [3.8, 4) is 0 Å². The third kappa shape index (κ3) is 3.56. The van der Waals surface area contributed by atoms with E-state index in [2.05, 4.69) is 36.6 Å². The molecule has 2 rings (SSSR count). The molecule has 1 aliphatic rings. The van der Waals surface area contributed by atoms with E-state index >= 15 is 0 Å². The van der Waals surface area contributed by atoms with E-state index < -0.39 is 10.0 Å². The van der Waals surface area contributed by atoms with Crippen molar-refractivity contribution in [2.75, 3.05) is 0 Å². The molecule has 1 fully saturated rings. The minimum absolute atomic E-state index is 0.0114. The van der Waals surface area contributed by atoms with E-state index in [1.54, 1.807) is 18.2 Å². The molecule has 0 aromatic heterocycles. The van der Waals surface area contributed by atoms with Crippen LogP contribution in [-0.4, -0.2) is 19.3 Å². The molecule has 1 aliphatic carbocycles. The molecular weight excluding hydrogens is 382 g/mol. The first-order valence-electron chi connectivity index (χ1n) is 5.91. The van der Waals surface area contributed by atoms with Gasteiger partial charge in [0, 0.05) is 15.3 Å². The van der Waals surface area contributed by atoms with Gasteiger partial charge in [-0.15, -0.1) is 0 Å². The van der Waals surface area contributed by atoms with E-state index in [-0.39, 0.29) is 10.9 Å². The van der Waals surface area contributed by atoms with Crippen molar-refractivity contribution in [3.05, 3.63) is 28.7 Å². The van der Waals surface area contributed by atoms with E-state index in [0.717, 1.165) is 30.2 Å². The summed E-state index contributed by atoms with van der Waals surface area (Å²) >= 11 is 6.85. The molecule has 1 saturated carbocycles. The Morgan fingerprint density at radius 2 is 1.94 bits per heavy atom. The molecule has 3 nitrogen and oxygen atoms in total. The fourth-order valence-electron chi connectivity index (χ4n) is 2.12. The van der Waals surface area contributed by atoms with Crippen LogP contribution in [0.1, 0.15) is 25.7 Å². The van der Waals surface area contributed by atoms with Crippen LogP contribution < -0.4 is 4.72 Å². The van der Waals surface area contributed by atoms with Crippen LogP contribution in [0.15, 0.2) is 33.6 Å². The summed E-state index contributed by atoms with van der Waals surface area (Å²) in [6.45, 7) is 0. The van der Waals surface area contributed by atoms with Crippen molar-refractivity contribution in [1.29, 1.82) is 0 Å². The van der Waals surface area contributed by atoms with Crippen molar-refractivity contribution in [2.24, 2.45) is 0 Å². The monoisotopic (exact) mass is 395 g/mol. The number of benzene rings is 1. The van der Waals surface area contributed by atoms with Crippen LogP contribution in [-0.2, 0) is 10.0 Å². The maximum Gasteiger partial charge on any atom is 0.240 e. The van der Waals surface area contributed by atoms with E-state index in [4.69, 9.17) is 0 Å². The third-order valence-corrected chi connectivity index (χ3v) is 6.17. The van der Waals surface area contributed by atoms with Gasteiger partial charge in [-0.25, -0.2) is 13.1 Å². The van der Waals surface area contributed by atoms with Crippen molar-refractivity contribution in [2.45, 2.75) is 41.4 Å². The molecule has 18 heavy (non-hydrogen) atoms. The Morgan fingerprint density at radius 1 is 1.22 bits per heavy atom. The van der Waals surface area contributed by atoms with Crippen molar-refractivity contribution >= 4 is 41.9 Å². The highest BCUT2D eigenvalue weighted by Crippen LogP contribution is 2.26. The highest BCUT2D eigenvalue weighted by atomic mass is 79.9. The number of hydrogen-bond acceptors (Lipinski definition) is 2. The van der Waals surface area contributed by atoms with Gasteiger partial charge in [-0.05, 0) is 31.0 Å². The van der Waals surface area contributed by atoms with Crippen molar-refractivity contribution in [3.63, 3.8) is 0 Å². The predicted molar refractivity (Wildman–Crippen MR) is 79.4 cm³/mol. The van der Waals surface area contributed by atoms with E-state index in [9.17, 15) is 8.42 Å². The zero-order valence-electron chi connectivity index (χ0n) is 9.77. The van der Waals surface area contributed by atoms with Gasteiger partial charge in [0.1, 0.15) is 0 Å². The third-order valence-electron chi connectivity index (χ3n) is 3.09. The Kier molecular flexibility index (Phi) is 4.86. The van der Waals surface area contributed by atoms with Crippen LogP contribution in [0.3, 0.4) is 0 Å². The van der Waals surface area contributed by atoms with E-state index in [0.29, 0.717) is 4.90 Å². The summed E-state index contributed by atoms with van der Waals surface area (Å²) in [6.07, 6.45) is 4.15. The molecule has 1 N–H and O–H groups in total. The molecule has 100 valence electrons. The molecular formula is C12H15Br2NO2S. The average Bonchev–Trinajstić information content (AvgIpc) is 2.32. The molecule has 1 aromatic rings. The van der Waals surface area contributed by atoms with Gasteiger partial charge < -0.3 is 0 Å². The molecule has 0 heterocycles. The first-order chi connectivity index (χ1) is 8.49. The summed E-state index contributed by atoms with van der Waals surface area (Å²) in [5.41, 5.74) is 0. The van der Waals surface area contributed by atoms with Gasteiger partial charge in [-0.2, -0.15) is 0 Å². The number of rotatable bonds is 3. The molecule has 0 bridgehead atoms. The Labute approximate surface area is 125 Å². The van der Waals surface area contributed by atoms with Crippen LogP contribution in [0, 0.1) is 0 Å². The van der Waals surface area contributed by atoms with Gasteiger partial charge >= 0.3 is 0 Å². The lowest BCUT2D eigenvalue weighted by atomic mass is 9.96. The average molecular weight is 397 g/mol. The lowest BCUT2D eigenvalue weighted by molar-refractivity contribution is 0.427. The molecule has 0 radical (unpaired) electrons. The molecule has 1 aromatic carbocycles. The summed E-state index contributed by atoms with van der Waals surface area (Å²) in [7, 11) is -3.43. The Hall–Kier alpha value is 0.0900.